The number of hydrogen-bond acceptors (Lipinski definition) is 3. The van der Waals surface area contributed by atoms with Crippen molar-refractivity contribution in [2.45, 2.75) is 26.7 Å². The smallest absolute Gasteiger partial charge is 0.339 e. The molecule has 2 rings (SSSR count). The average molecular weight is 268 g/mol. The van der Waals surface area contributed by atoms with E-state index in [0.29, 0.717) is 22.6 Å². The van der Waals surface area contributed by atoms with Crippen LogP contribution in [0.2, 0.25) is 5.15 Å². The molecule has 0 fully saturated rings. The molecule has 2 aromatic heterocycles. The molecule has 0 amide bonds. The highest BCUT2D eigenvalue weighted by Crippen LogP contribution is 2.30. The highest BCUT2D eigenvalue weighted by molar-refractivity contribution is 6.35. The summed E-state index contributed by atoms with van der Waals surface area (Å²) in [5, 5.41) is 9.92. The monoisotopic (exact) mass is 267 g/mol. The zero-order valence-corrected chi connectivity index (χ0v) is 11.4. The van der Waals surface area contributed by atoms with Crippen LogP contribution in [0.15, 0.2) is 0 Å². The zero-order valence-electron chi connectivity index (χ0n) is 10.7. The number of carboxylic acids is 1. The van der Waals surface area contributed by atoms with E-state index in [1.165, 1.54) is 0 Å². The maximum absolute atomic E-state index is 11.3. The van der Waals surface area contributed by atoms with Crippen molar-refractivity contribution in [3.8, 4) is 0 Å². The highest BCUT2D eigenvalue weighted by Gasteiger charge is 2.23. The van der Waals surface area contributed by atoms with Crippen molar-refractivity contribution in [3.05, 3.63) is 22.2 Å². The molecule has 0 spiro atoms. The molecule has 0 saturated carbocycles. The average Bonchev–Trinajstić information content (AvgIpc) is 2.53. The molecule has 1 N–H and O–H groups in total. The topological polar surface area (TPSA) is 68.0 Å². The van der Waals surface area contributed by atoms with Gasteiger partial charge in [-0.2, -0.15) is 0 Å². The Morgan fingerprint density at radius 2 is 2.00 bits per heavy atom. The van der Waals surface area contributed by atoms with Crippen molar-refractivity contribution in [1.82, 2.24) is 14.5 Å². The number of carboxylic acid groups (broad SMARTS) is 1. The maximum Gasteiger partial charge on any atom is 0.339 e. The van der Waals surface area contributed by atoms with E-state index in [1.807, 2.05) is 13.8 Å². The fraction of sp³-hybridized carbons (Fsp3) is 0.417. The molecule has 0 aliphatic rings. The van der Waals surface area contributed by atoms with Crippen LogP contribution in [0, 0.1) is 6.92 Å². The number of rotatable bonds is 2. The molecular formula is C12H14ClN3O2. The minimum absolute atomic E-state index is 0.0713. The van der Waals surface area contributed by atoms with E-state index in [-0.39, 0.29) is 16.6 Å². The molecule has 0 aromatic carbocycles. The number of aromatic carboxylic acids is 1. The zero-order chi connectivity index (χ0) is 13.6. The van der Waals surface area contributed by atoms with Gasteiger partial charge < -0.3 is 9.67 Å². The van der Waals surface area contributed by atoms with Crippen LogP contribution in [0.4, 0.5) is 0 Å². The van der Waals surface area contributed by atoms with E-state index in [9.17, 15) is 9.90 Å². The van der Waals surface area contributed by atoms with Gasteiger partial charge in [0.25, 0.3) is 0 Å². The first-order chi connectivity index (χ1) is 8.34. The number of halogens is 1. The van der Waals surface area contributed by atoms with Crippen LogP contribution < -0.4 is 0 Å². The van der Waals surface area contributed by atoms with Gasteiger partial charge in [-0.15, -0.1) is 0 Å². The predicted octanol–water partition coefficient (Wildman–Crippen LogP) is 2.75. The third kappa shape index (κ3) is 1.75. The third-order valence-electron chi connectivity index (χ3n) is 2.89. The Bertz CT molecular complexity index is 647. The quantitative estimate of drug-likeness (QED) is 0.908. The van der Waals surface area contributed by atoms with Crippen molar-refractivity contribution in [1.29, 1.82) is 0 Å². The molecule has 18 heavy (non-hydrogen) atoms. The third-order valence-corrected chi connectivity index (χ3v) is 3.33. The lowest BCUT2D eigenvalue weighted by molar-refractivity contribution is 0.0699. The van der Waals surface area contributed by atoms with Crippen LogP contribution in [0.3, 0.4) is 0 Å². The summed E-state index contributed by atoms with van der Waals surface area (Å²) in [7, 11) is 1.70. The fourth-order valence-corrected chi connectivity index (χ4v) is 2.19. The first-order valence-corrected chi connectivity index (χ1v) is 5.98. The molecule has 0 radical (unpaired) electrons. The van der Waals surface area contributed by atoms with Crippen molar-refractivity contribution in [2.24, 2.45) is 7.05 Å². The summed E-state index contributed by atoms with van der Waals surface area (Å²) in [6, 6.07) is 0. The standard InChI is InChI=1S/C12H14ClN3O2/c1-5(2)10-14-6(3)7-8(12(17)18)9(13)16(4)11(7)15-10/h5H,1-4H3,(H,17,18). The largest absolute Gasteiger partial charge is 0.478 e. The molecule has 0 atom stereocenters. The first kappa shape index (κ1) is 12.8. The minimum Gasteiger partial charge on any atom is -0.478 e. The van der Waals surface area contributed by atoms with E-state index >= 15 is 0 Å². The van der Waals surface area contributed by atoms with Gasteiger partial charge >= 0.3 is 5.97 Å². The number of aromatic nitrogens is 3. The summed E-state index contributed by atoms with van der Waals surface area (Å²) in [5.41, 5.74) is 1.28. The summed E-state index contributed by atoms with van der Waals surface area (Å²) < 4.78 is 1.58. The van der Waals surface area contributed by atoms with Crippen molar-refractivity contribution in [3.63, 3.8) is 0 Å². The van der Waals surface area contributed by atoms with Gasteiger partial charge in [0.2, 0.25) is 0 Å². The SMILES string of the molecule is Cc1nc(C(C)C)nc2c1c(C(=O)O)c(Cl)n2C. The Morgan fingerprint density at radius 1 is 1.39 bits per heavy atom. The van der Waals surface area contributed by atoms with Crippen LogP contribution in [-0.2, 0) is 7.05 Å². The second kappa shape index (κ2) is 4.24. The Hall–Kier alpha value is -1.62. The van der Waals surface area contributed by atoms with Crippen molar-refractivity contribution in [2.75, 3.05) is 0 Å². The van der Waals surface area contributed by atoms with E-state index in [1.54, 1.807) is 18.5 Å². The molecule has 2 aromatic rings. The molecule has 0 aliphatic heterocycles. The number of aryl methyl sites for hydroxylation is 2. The summed E-state index contributed by atoms with van der Waals surface area (Å²) in [5.74, 6) is -0.196. The van der Waals surface area contributed by atoms with Crippen LogP contribution in [0.1, 0.15) is 41.6 Å². The second-order valence-electron chi connectivity index (χ2n) is 4.55. The normalized spacial score (nSPS) is 11.4. The van der Waals surface area contributed by atoms with Gasteiger partial charge in [0.15, 0.2) is 0 Å². The summed E-state index contributed by atoms with van der Waals surface area (Å²) in [4.78, 5) is 20.0. The van der Waals surface area contributed by atoms with Crippen molar-refractivity contribution < 1.29 is 9.90 Å². The van der Waals surface area contributed by atoms with Gasteiger partial charge in [0.1, 0.15) is 22.2 Å². The molecule has 0 aliphatic carbocycles. The molecule has 6 heteroatoms. The number of hydrogen-bond donors (Lipinski definition) is 1. The molecule has 2 heterocycles. The summed E-state index contributed by atoms with van der Waals surface area (Å²) >= 11 is 6.05. The van der Waals surface area contributed by atoms with Crippen LogP contribution >= 0.6 is 11.6 Å². The van der Waals surface area contributed by atoms with Gasteiger partial charge in [-0.05, 0) is 6.92 Å². The molecular weight excluding hydrogens is 254 g/mol. The Balaban J connectivity index is 2.92. The lowest BCUT2D eigenvalue weighted by atomic mass is 10.1. The van der Waals surface area contributed by atoms with E-state index < -0.39 is 5.97 Å². The second-order valence-corrected chi connectivity index (χ2v) is 4.91. The van der Waals surface area contributed by atoms with Crippen LogP contribution in [0.5, 0.6) is 0 Å². The Morgan fingerprint density at radius 3 is 2.50 bits per heavy atom. The molecule has 5 nitrogen and oxygen atoms in total. The lowest BCUT2D eigenvalue weighted by Gasteiger charge is -2.06. The van der Waals surface area contributed by atoms with E-state index in [4.69, 9.17) is 11.6 Å². The molecule has 96 valence electrons. The van der Waals surface area contributed by atoms with Gasteiger partial charge in [-0.25, -0.2) is 14.8 Å². The molecule has 0 saturated heterocycles. The Kier molecular flexibility index (Phi) is 3.02. The van der Waals surface area contributed by atoms with E-state index in [0.717, 1.165) is 0 Å². The van der Waals surface area contributed by atoms with Crippen LogP contribution in [-0.4, -0.2) is 25.6 Å². The van der Waals surface area contributed by atoms with Crippen molar-refractivity contribution >= 4 is 28.6 Å². The van der Waals surface area contributed by atoms with Gasteiger partial charge in [0, 0.05) is 13.0 Å². The number of nitrogens with zero attached hydrogens (tertiary/aromatic N) is 3. The molecule has 0 bridgehead atoms. The van der Waals surface area contributed by atoms with Gasteiger partial charge in [-0.1, -0.05) is 25.4 Å². The summed E-state index contributed by atoms with van der Waals surface area (Å²) in [6.07, 6.45) is 0. The number of carbonyl (C=O) groups is 1. The van der Waals surface area contributed by atoms with E-state index in [2.05, 4.69) is 9.97 Å². The summed E-state index contributed by atoms with van der Waals surface area (Å²) in [6.45, 7) is 5.76. The highest BCUT2D eigenvalue weighted by atomic mass is 35.5. The Labute approximate surface area is 109 Å². The van der Waals surface area contributed by atoms with Gasteiger partial charge in [-0.3, -0.25) is 0 Å². The predicted molar refractivity (Wildman–Crippen MR) is 69.3 cm³/mol. The maximum atomic E-state index is 11.3. The lowest BCUT2D eigenvalue weighted by Crippen LogP contribution is -2.02. The van der Waals surface area contributed by atoms with Crippen LogP contribution in [0.25, 0.3) is 11.0 Å². The molecule has 0 unspecified atom stereocenters. The minimum atomic E-state index is -1.06. The fourth-order valence-electron chi connectivity index (χ4n) is 1.93. The first-order valence-electron chi connectivity index (χ1n) is 5.60. The number of fused-ring (bicyclic) bond motifs is 1. The van der Waals surface area contributed by atoms with Gasteiger partial charge in [0.05, 0.1) is 11.1 Å².